The molecule has 8 heteroatoms. The van der Waals surface area contributed by atoms with Crippen molar-refractivity contribution in [1.82, 2.24) is 10.6 Å². The lowest BCUT2D eigenvalue weighted by Gasteiger charge is -2.16. The predicted molar refractivity (Wildman–Crippen MR) is 113 cm³/mol. The molecule has 0 aromatic heterocycles. The molecule has 1 atom stereocenters. The Morgan fingerprint density at radius 1 is 1.07 bits per heavy atom. The van der Waals surface area contributed by atoms with Crippen LogP contribution in [0.1, 0.15) is 24.2 Å². The first kappa shape index (κ1) is 23.1. The monoisotopic (exact) mass is 491 g/mol. The van der Waals surface area contributed by atoms with Crippen LogP contribution < -0.4 is 15.4 Å². The maximum absolute atomic E-state index is 12.2. The van der Waals surface area contributed by atoms with Crippen molar-refractivity contribution in [2.45, 2.75) is 26.2 Å². The fraction of sp³-hybridized carbons (Fsp3) is 0.316. The molecule has 0 saturated carbocycles. The van der Waals surface area contributed by atoms with Crippen molar-refractivity contribution in [3.63, 3.8) is 0 Å². The largest absolute Gasteiger partial charge is 0.435 e. The van der Waals surface area contributed by atoms with Gasteiger partial charge >= 0.3 is 6.61 Å². The SMILES string of the molecule is CCNC(=NCc1ccccc1)NCC(O)c1ccc(OC(F)F)cc1.I. The Kier molecular flexibility index (Phi) is 10.6. The van der Waals surface area contributed by atoms with Crippen molar-refractivity contribution >= 4 is 29.9 Å². The Morgan fingerprint density at radius 2 is 1.74 bits per heavy atom. The number of nitrogens with one attached hydrogen (secondary N) is 2. The van der Waals surface area contributed by atoms with Gasteiger partial charge in [-0.05, 0) is 30.2 Å². The first-order chi connectivity index (χ1) is 12.6. The lowest BCUT2D eigenvalue weighted by Crippen LogP contribution is -2.39. The summed E-state index contributed by atoms with van der Waals surface area (Å²) in [5.74, 6) is 0.648. The number of aliphatic imine (C=N–C) groups is 1. The second-order valence-corrected chi connectivity index (χ2v) is 5.53. The summed E-state index contributed by atoms with van der Waals surface area (Å²) in [7, 11) is 0. The van der Waals surface area contributed by atoms with E-state index in [0.717, 1.165) is 5.56 Å². The Balaban J connectivity index is 0.00000364. The van der Waals surface area contributed by atoms with Gasteiger partial charge in [0.1, 0.15) is 5.75 Å². The smallest absolute Gasteiger partial charge is 0.387 e. The fourth-order valence-corrected chi connectivity index (χ4v) is 2.28. The summed E-state index contributed by atoms with van der Waals surface area (Å²) in [4.78, 5) is 4.48. The van der Waals surface area contributed by atoms with Gasteiger partial charge < -0.3 is 20.5 Å². The van der Waals surface area contributed by atoms with E-state index in [0.29, 0.717) is 24.6 Å². The molecule has 0 amide bonds. The average molecular weight is 491 g/mol. The zero-order valence-corrected chi connectivity index (χ0v) is 17.3. The van der Waals surface area contributed by atoms with Gasteiger partial charge in [0.15, 0.2) is 5.96 Å². The molecule has 2 aromatic carbocycles. The van der Waals surface area contributed by atoms with Gasteiger partial charge in [-0.3, -0.25) is 0 Å². The van der Waals surface area contributed by atoms with Gasteiger partial charge in [-0.25, -0.2) is 4.99 Å². The van der Waals surface area contributed by atoms with Crippen molar-refractivity contribution in [3.05, 3.63) is 65.7 Å². The van der Waals surface area contributed by atoms with E-state index in [2.05, 4.69) is 20.4 Å². The van der Waals surface area contributed by atoms with E-state index in [9.17, 15) is 13.9 Å². The van der Waals surface area contributed by atoms with E-state index in [1.807, 2.05) is 37.3 Å². The molecule has 0 aliphatic heterocycles. The Labute approximate surface area is 174 Å². The van der Waals surface area contributed by atoms with Crippen LogP contribution in [0.4, 0.5) is 8.78 Å². The van der Waals surface area contributed by atoms with E-state index >= 15 is 0 Å². The molecule has 2 aromatic rings. The lowest BCUT2D eigenvalue weighted by atomic mass is 10.1. The van der Waals surface area contributed by atoms with Gasteiger partial charge in [0.25, 0.3) is 0 Å². The van der Waals surface area contributed by atoms with Crippen LogP contribution in [0.5, 0.6) is 5.75 Å². The van der Waals surface area contributed by atoms with E-state index in [-0.39, 0.29) is 36.3 Å². The second-order valence-electron chi connectivity index (χ2n) is 5.53. The summed E-state index contributed by atoms with van der Waals surface area (Å²) in [6.45, 7) is 0.534. The number of hydrogen-bond donors (Lipinski definition) is 3. The third kappa shape index (κ3) is 8.53. The molecule has 0 saturated heterocycles. The summed E-state index contributed by atoms with van der Waals surface area (Å²) >= 11 is 0. The molecular formula is C19H24F2IN3O2. The lowest BCUT2D eigenvalue weighted by molar-refractivity contribution is -0.0498. The topological polar surface area (TPSA) is 65.9 Å². The molecule has 5 nitrogen and oxygen atoms in total. The van der Waals surface area contributed by atoms with Crippen molar-refractivity contribution in [2.75, 3.05) is 13.1 Å². The van der Waals surface area contributed by atoms with E-state index in [1.165, 1.54) is 12.1 Å². The summed E-state index contributed by atoms with van der Waals surface area (Å²) in [5.41, 5.74) is 1.68. The van der Waals surface area contributed by atoms with E-state index in [1.54, 1.807) is 12.1 Å². The van der Waals surface area contributed by atoms with Crippen molar-refractivity contribution in [2.24, 2.45) is 4.99 Å². The first-order valence-electron chi connectivity index (χ1n) is 8.37. The molecule has 0 bridgehead atoms. The number of aliphatic hydroxyl groups excluding tert-OH is 1. The number of benzene rings is 2. The number of ether oxygens (including phenoxy) is 1. The molecule has 0 spiro atoms. The van der Waals surface area contributed by atoms with Crippen molar-refractivity contribution in [1.29, 1.82) is 0 Å². The van der Waals surface area contributed by atoms with Crippen LogP contribution in [0.25, 0.3) is 0 Å². The third-order valence-electron chi connectivity index (χ3n) is 3.56. The first-order valence-corrected chi connectivity index (χ1v) is 8.37. The number of halogens is 3. The maximum Gasteiger partial charge on any atom is 0.387 e. The number of guanidine groups is 1. The number of alkyl halides is 2. The Morgan fingerprint density at radius 3 is 2.33 bits per heavy atom. The third-order valence-corrected chi connectivity index (χ3v) is 3.56. The Hall–Kier alpha value is -1.94. The standard InChI is InChI=1S/C19H23F2N3O2.HI/c1-2-22-19(23-12-14-6-4-3-5-7-14)24-13-17(25)15-8-10-16(11-9-15)26-18(20)21;/h3-11,17-18,25H,2,12-13H2,1H3,(H2,22,23,24);1H. The average Bonchev–Trinajstić information content (AvgIpc) is 2.64. The normalized spacial score (nSPS) is 12.3. The van der Waals surface area contributed by atoms with Crippen LogP contribution in [0.2, 0.25) is 0 Å². The van der Waals surface area contributed by atoms with Crippen LogP contribution in [-0.2, 0) is 6.54 Å². The zero-order valence-electron chi connectivity index (χ0n) is 14.9. The van der Waals surface area contributed by atoms with Gasteiger partial charge in [0, 0.05) is 13.1 Å². The van der Waals surface area contributed by atoms with E-state index < -0.39 is 12.7 Å². The maximum atomic E-state index is 12.2. The molecule has 3 N–H and O–H groups in total. The summed E-state index contributed by atoms with van der Waals surface area (Å²) in [5, 5.41) is 16.4. The van der Waals surface area contributed by atoms with Crippen LogP contribution in [0.3, 0.4) is 0 Å². The number of aliphatic hydroxyl groups is 1. The molecule has 0 radical (unpaired) electrons. The van der Waals surface area contributed by atoms with Gasteiger partial charge in [-0.1, -0.05) is 42.5 Å². The minimum Gasteiger partial charge on any atom is -0.435 e. The fourth-order valence-electron chi connectivity index (χ4n) is 2.28. The number of hydrogen-bond acceptors (Lipinski definition) is 3. The van der Waals surface area contributed by atoms with Crippen molar-refractivity contribution in [3.8, 4) is 5.75 Å². The van der Waals surface area contributed by atoms with Crippen LogP contribution in [0, 0.1) is 0 Å². The minimum atomic E-state index is -2.86. The van der Waals surface area contributed by atoms with E-state index in [4.69, 9.17) is 0 Å². The molecule has 0 fully saturated rings. The Bertz CT molecular complexity index is 685. The van der Waals surface area contributed by atoms with Gasteiger partial charge in [-0.2, -0.15) is 8.78 Å². The summed E-state index contributed by atoms with van der Waals surface area (Å²) in [6.07, 6.45) is -0.809. The highest BCUT2D eigenvalue weighted by molar-refractivity contribution is 14.0. The summed E-state index contributed by atoms with van der Waals surface area (Å²) < 4.78 is 28.6. The highest BCUT2D eigenvalue weighted by Gasteiger charge is 2.10. The van der Waals surface area contributed by atoms with Gasteiger partial charge in [-0.15, -0.1) is 24.0 Å². The molecule has 27 heavy (non-hydrogen) atoms. The molecule has 1 unspecified atom stereocenters. The van der Waals surface area contributed by atoms with Gasteiger partial charge in [0.2, 0.25) is 0 Å². The minimum absolute atomic E-state index is 0. The van der Waals surface area contributed by atoms with Gasteiger partial charge in [0.05, 0.1) is 12.6 Å². The molecule has 148 valence electrons. The van der Waals surface area contributed by atoms with Crippen LogP contribution >= 0.6 is 24.0 Å². The highest BCUT2D eigenvalue weighted by atomic mass is 127. The summed E-state index contributed by atoms with van der Waals surface area (Å²) in [6, 6.07) is 15.8. The molecule has 2 rings (SSSR count). The molecule has 0 aliphatic carbocycles. The molecular weight excluding hydrogens is 467 g/mol. The molecule has 0 heterocycles. The van der Waals surface area contributed by atoms with Crippen molar-refractivity contribution < 1.29 is 18.6 Å². The zero-order chi connectivity index (χ0) is 18.8. The quantitative estimate of drug-likeness (QED) is 0.300. The van der Waals surface area contributed by atoms with Crippen LogP contribution in [-0.4, -0.2) is 30.8 Å². The number of nitrogens with zero attached hydrogens (tertiary/aromatic N) is 1. The number of rotatable bonds is 8. The second kappa shape index (κ2) is 12.4. The highest BCUT2D eigenvalue weighted by Crippen LogP contribution is 2.18. The van der Waals surface area contributed by atoms with Crippen LogP contribution in [0.15, 0.2) is 59.6 Å². The predicted octanol–water partition coefficient (Wildman–Crippen LogP) is 3.69. The molecule has 0 aliphatic rings.